The molecule has 4 nitrogen and oxygen atoms in total. The van der Waals surface area contributed by atoms with E-state index in [-0.39, 0.29) is 12.0 Å². The number of hydrogen-bond acceptors (Lipinski definition) is 5. The number of rotatable bonds is 5. The number of nitrogens with zero attached hydrogens (tertiary/aromatic N) is 1. The van der Waals surface area contributed by atoms with Crippen molar-refractivity contribution < 1.29 is 13.7 Å². The van der Waals surface area contributed by atoms with Gasteiger partial charge in [0, 0.05) is 43.4 Å². The summed E-state index contributed by atoms with van der Waals surface area (Å²) >= 11 is 7.57. The van der Waals surface area contributed by atoms with Gasteiger partial charge in [0.15, 0.2) is 5.09 Å². The van der Waals surface area contributed by atoms with Gasteiger partial charge in [-0.25, -0.2) is 4.98 Å². The monoisotopic (exact) mass is 461 g/mol. The largest absolute Gasteiger partial charge is 0.430 e. The van der Waals surface area contributed by atoms with Crippen LogP contribution >= 0.6 is 23.4 Å². The zero-order valence-corrected chi connectivity index (χ0v) is 19.1. The van der Waals surface area contributed by atoms with Gasteiger partial charge in [-0.1, -0.05) is 47.7 Å². The first-order valence-corrected chi connectivity index (χ1v) is 12.8. The summed E-state index contributed by atoms with van der Waals surface area (Å²) in [6.45, 7) is 0. The van der Waals surface area contributed by atoms with E-state index < -0.39 is 10.8 Å². The minimum Gasteiger partial charge on any atom is -0.430 e. The first-order valence-electron chi connectivity index (χ1n) is 10.0. The van der Waals surface area contributed by atoms with Crippen molar-refractivity contribution in [2.24, 2.45) is 0 Å². The highest BCUT2D eigenvalue weighted by molar-refractivity contribution is 7.99. The van der Waals surface area contributed by atoms with Gasteiger partial charge in [0.1, 0.15) is 5.69 Å². The maximum atomic E-state index is 11.9. The molecule has 0 radical (unpaired) electrons. The van der Waals surface area contributed by atoms with Crippen LogP contribution in [0.15, 0.2) is 67.9 Å². The lowest BCUT2D eigenvalue weighted by molar-refractivity contribution is 0.165. The number of aliphatic hydroxyl groups excluding tert-OH is 1. The second kappa shape index (κ2) is 9.69. The molecule has 3 unspecified atom stereocenters. The zero-order chi connectivity index (χ0) is 21.1. The van der Waals surface area contributed by atoms with E-state index >= 15 is 0 Å². The Bertz CT molecular complexity index is 1020. The zero-order valence-electron chi connectivity index (χ0n) is 16.7. The lowest BCUT2D eigenvalue weighted by atomic mass is 9.97. The number of aromatic nitrogens is 1. The number of halogens is 1. The molecule has 2 aromatic rings. The van der Waals surface area contributed by atoms with Gasteiger partial charge in [0.05, 0.1) is 6.10 Å². The minimum absolute atomic E-state index is 0.0631. The third-order valence-corrected chi connectivity index (χ3v) is 7.62. The Labute approximate surface area is 188 Å². The Morgan fingerprint density at radius 1 is 1.23 bits per heavy atom. The Morgan fingerprint density at radius 2 is 2.03 bits per heavy atom. The highest BCUT2D eigenvalue weighted by Gasteiger charge is 2.25. The average Bonchev–Trinajstić information content (AvgIpc) is 2.98. The summed E-state index contributed by atoms with van der Waals surface area (Å²) in [5.41, 5.74) is 1.95. The quantitative estimate of drug-likeness (QED) is 0.544. The molecule has 1 aromatic heterocycles. The molecule has 2 aliphatic rings. The lowest BCUT2D eigenvalue weighted by Gasteiger charge is -2.14. The van der Waals surface area contributed by atoms with Crippen LogP contribution in [-0.4, -0.2) is 26.7 Å². The fraction of sp³-hybridized carbons (Fsp3) is 0.348. The lowest BCUT2D eigenvalue weighted by Crippen LogP contribution is -2.09. The first kappa shape index (κ1) is 21.6. The average molecular weight is 462 g/mol. The van der Waals surface area contributed by atoms with E-state index in [2.05, 4.69) is 18.2 Å². The van der Waals surface area contributed by atoms with E-state index in [1.54, 1.807) is 6.26 Å². The van der Waals surface area contributed by atoms with Gasteiger partial charge in [0.25, 0.3) is 0 Å². The Balaban J connectivity index is 1.68. The van der Waals surface area contributed by atoms with E-state index in [1.807, 2.05) is 30.3 Å². The van der Waals surface area contributed by atoms with Crippen LogP contribution in [0.4, 0.5) is 0 Å². The summed E-state index contributed by atoms with van der Waals surface area (Å²) in [7, 11) is -0.960. The summed E-state index contributed by atoms with van der Waals surface area (Å²) in [6, 6.07) is 7.67. The molecule has 0 saturated carbocycles. The standard InChI is InChI=1S/C23H24ClNO3S2/c1-30(27)20-4-2-3-15(7-14-20)21-23(29-19-12-8-17(24)9-13-19)28-22(25-21)16-5-10-18(26)11-6-16/h2-3,5,8-9,12-15,18,26H,4,6-7,10-11H2,1H3. The van der Waals surface area contributed by atoms with Gasteiger partial charge in [-0.15, -0.1) is 0 Å². The molecule has 3 atom stereocenters. The van der Waals surface area contributed by atoms with Crippen molar-refractivity contribution in [3.05, 3.63) is 70.1 Å². The van der Waals surface area contributed by atoms with Crippen molar-refractivity contribution in [1.82, 2.24) is 4.98 Å². The number of oxazole rings is 1. The molecule has 0 aliphatic heterocycles. The number of allylic oxidation sites excluding steroid dienone is 5. The molecule has 0 fully saturated rings. The van der Waals surface area contributed by atoms with E-state index in [0.717, 1.165) is 45.4 Å². The smallest absolute Gasteiger partial charge is 0.223 e. The van der Waals surface area contributed by atoms with Crippen molar-refractivity contribution in [1.29, 1.82) is 0 Å². The summed E-state index contributed by atoms with van der Waals surface area (Å²) in [5.74, 6) is 0.697. The topological polar surface area (TPSA) is 63.3 Å². The van der Waals surface area contributed by atoms with Crippen molar-refractivity contribution in [3.63, 3.8) is 0 Å². The Hall–Kier alpha value is -1.60. The van der Waals surface area contributed by atoms with Crippen LogP contribution in [0.1, 0.15) is 49.6 Å². The van der Waals surface area contributed by atoms with Crippen molar-refractivity contribution in [2.75, 3.05) is 6.26 Å². The van der Waals surface area contributed by atoms with Gasteiger partial charge >= 0.3 is 0 Å². The summed E-state index contributed by atoms with van der Waals surface area (Å²) in [4.78, 5) is 6.87. The normalized spacial score (nSPS) is 22.9. The highest BCUT2D eigenvalue weighted by atomic mass is 35.5. The molecule has 2 aliphatic carbocycles. The second-order valence-corrected chi connectivity index (χ2v) is 10.4. The molecule has 1 heterocycles. The van der Waals surface area contributed by atoms with Crippen LogP contribution in [0.2, 0.25) is 5.02 Å². The van der Waals surface area contributed by atoms with E-state index in [1.165, 1.54) is 11.8 Å². The summed E-state index contributed by atoms with van der Waals surface area (Å²) < 4.78 is 18.1. The van der Waals surface area contributed by atoms with Crippen molar-refractivity contribution in [3.8, 4) is 0 Å². The van der Waals surface area contributed by atoms with Crippen LogP contribution in [0, 0.1) is 0 Å². The number of hydrogen-bond donors (Lipinski definition) is 1. The summed E-state index contributed by atoms with van der Waals surface area (Å²) in [5, 5.41) is 11.3. The molecule has 158 valence electrons. The van der Waals surface area contributed by atoms with Crippen molar-refractivity contribution in [2.45, 2.75) is 54.1 Å². The summed E-state index contributed by atoms with van der Waals surface area (Å²) in [6.07, 6.45) is 13.3. The molecular formula is C23H24ClNO3S2. The van der Waals surface area contributed by atoms with Gasteiger partial charge in [-0.05, 0) is 56.4 Å². The number of benzene rings is 1. The van der Waals surface area contributed by atoms with Crippen LogP contribution in [-0.2, 0) is 10.8 Å². The van der Waals surface area contributed by atoms with E-state index in [0.29, 0.717) is 23.8 Å². The maximum Gasteiger partial charge on any atom is 0.223 e. The molecule has 1 aromatic carbocycles. The van der Waals surface area contributed by atoms with Gasteiger partial charge in [-0.3, -0.25) is 4.21 Å². The fourth-order valence-corrected chi connectivity index (χ4v) is 5.29. The van der Waals surface area contributed by atoms with E-state index in [9.17, 15) is 9.32 Å². The van der Waals surface area contributed by atoms with E-state index in [4.69, 9.17) is 21.0 Å². The molecule has 0 bridgehead atoms. The SMILES string of the molecule is CS(=O)C1=CCC(c2nc(C3=CCC(O)CC3)oc2Sc2ccc(Cl)cc2)C=CC1. The fourth-order valence-electron chi connectivity index (χ4n) is 3.59. The molecule has 1 N–H and O–H groups in total. The molecular weight excluding hydrogens is 438 g/mol. The van der Waals surface area contributed by atoms with Crippen LogP contribution in [0.5, 0.6) is 0 Å². The van der Waals surface area contributed by atoms with Crippen LogP contribution in [0.3, 0.4) is 0 Å². The van der Waals surface area contributed by atoms with Gasteiger partial charge in [0.2, 0.25) is 5.89 Å². The predicted octanol–water partition coefficient (Wildman–Crippen LogP) is 6.10. The predicted molar refractivity (Wildman–Crippen MR) is 123 cm³/mol. The molecule has 4 rings (SSSR count). The highest BCUT2D eigenvalue weighted by Crippen LogP contribution is 2.40. The van der Waals surface area contributed by atoms with Crippen LogP contribution in [0.25, 0.3) is 5.57 Å². The molecule has 7 heteroatoms. The molecule has 0 amide bonds. The number of aliphatic hydroxyl groups is 1. The Morgan fingerprint density at radius 3 is 2.73 bits per heavy atom. The molecule has 0 saturated heterocycles. The van der Waals surface area contributed by atoms with Gasteiger partial charge < -0.3 is 9.52 Å². The minimum atomic E-state index is -0.960. The van der Waals surface area contributed by atoms with Crippen molar-refractivity contribution >= 4 is 39.7 Å². The molecule has 30 heavy (non-hydrogen) atoms. The Kier molecular flexibility index (Phi) is 6.98. The maximum absolute atomic E-state index is 11.9. The molecule has 0 spiro atoms. The van der Waals surface area contributed by atoms with Gasteiger partial charge in [-0.2, -0.15) is 0 Å². The third kappa shape index (κ3) is 5.17. The third-order valence-electron chi connectivity index (χ3n) is 5.31. The second-order valence-electron chi connectivity index (χ2n) is 7.50. The first-order chi connectivity index (χ1) is 14.5. The van der Waals surface area contributed by atoms with Crippen LogP contribution < -0.4 is 0 Å².